The normalized spacial score (nSPS) is 15.0. The standard InChI is InChI=1S/C19H18FIN2O2/c20-15-6-4-14(5-7-15)19(25)23-10-8-13(9-11-23)18(24)22-17-3-1-2-16(21)12-17/h1-7,12-13H,8-11H2,(H,22,24). The van der Waals surface area contributed by atoms with Gasteiger partial charge in [0.15, 0.2) is 0 Å². The van der Waals surface area contributed by atoms with Gasteiger partial charge in [-0.1, -0.05) is 6.07 Å². The molecule has 1 aliphatic rings. The molecule has 0 saturated carbocycles. The molecule has 0 radical (unpaired) electrons. The van der Waals surface area contributed by atoms with Crippen LogP contribution in [0.15, 0.2) is 48.5 Å². The molecule has 0 spiro atoms. The van der Waals surface area contributed by atoms with Crippen LogP contribution < -0.4 is 5.32 Å². The Bertz CT molecular complexity index is 771. The summed E-state index contributed by atoms with van der Waals surface area (Å²) in [6.07, 6.45) is 1.26. The Morgan fingerprint density at radius 2 is 1.76 bits per heavy atom. The van der Waals surface area contributed by atoms with Gasteiger partial charge in [0.25, 0.3) is 5.91 Å². The lowest BCUT2D eigenvalue weighted by molar-refractivity contribution is -0.121. The summed E-state index contributed by atoms with van der Waals surface area (Å²) in [5.41, 5.74) is 1.27. The quantitative estimate of drug-likeness (QED) is 0.718. The molecule has 0 unspecified atom stereocenters. The van der Waals surface area contributed by atoms with Gasteiger partial charge in [-0.25, -0.2) is 4.39 Å². The van der Waals surface area contributed by atoms with Gasteiger partial charge in [-0.2, -0.15) is 0 Å². The molecule has 2 aromatic carbocycles. The van der Waals surface area contributed by atoms with Crippen molar-refractivity contribution in [3.63, 3.8) is 0 Å². The highest BCUT2D eigenvalue weighted by Gasteiger charge is 2.27. The monoisotopic (exact) mass is 452 g/mol. The summed E-state index contributed by atoms with van der Waals surface area (Å²) in [6.45, 7) is 1.06. The SMILES string of the molecule is O=C(Nc1cccc(I)c1)C1CCN(C(=O)c2ccc(F)cc2)CC1. The number of carbonyl (C=O) groups is 2. The fourth-order valence-corrected chi connectivity index (χ4v) is 3.47. The lowest BCUT2D eigenvalue weighted by Crippen LogP contribution is -2.41. The van der Waals surface area contributed by atoms with E-state index in [1.807, 2.05) is 24.3 Å². The first kappa shape index (κ1) is 17.8. The van der Waals surface area contributed by atoms with Gasteiger partial charge in [-0.15, -0.1) is 0 Å². The first-order valence-corrected chi connectivity index (χ1v) is 9.22. The summed E-state index contributed by atoms with van der Waals surface area (Å²) in [5.74, 6) is -0.579. The molecule has 1 N–H and O–H groups in total. The second kappa shape index (κ2) is 7.95. The van der Waals surface area contributed by atoms with Crippen LogP contribution in [-0.4, -0.2) is 29.8 Å². The van der Waals surface area contributed by atoms with Crippen molar-refractivity contribution in [3.8, 4) is 0 Å². The third-order valence-corrected chi connectivity index (χ3v) is 5.01. The first-order valence-electron chi connectivity index (χ1n) is 8.14. The molecular formula is C19H18FIN2O2. The Labute approximate surface area is 159 Å². The van der Waals surface area contributed by atoms with E-state index in [-0.39, 0.29) is 23.5 Å². The molecule has 4 nitrogen and oxygen atoms in total. The molecule has 130 valence electrons. The number of halogens is 2. The average molecular weight is 452 g/mol. The lowest BCUT2D eigenvalue weighted by Gasteiger charge is -2.31. The molecule has 1 aliphatic heterocycles. The highest BCUT2D eigenvalue weighted by atomic mass is 127. The van der Waals surface area contributed by atoms with Crippen molar-refractivity contribution in [1.82, 2.24) is 4.90 Å². The minimum atomic E-state index is -0.359. The summed E-state index contributed by atoms with van der Waals surface area (Å²) in [4.78, 5) is 26.5. The molecule has 1 saturated heterocycles. The van der Waals surface area contributed by atoms with E-state index in [9.17, 15) is 14.0 Å². The van der Waals surface area contributed by atoms with E-state index in [1.54, 1.807) is 4.90 Å². The fraction of sp³-hybridized carbons (Fsp3) is 0.263. The van der Waals surface area contributed by atoms with E-state index >= 15 is 0 Å². The van der Waals surface area contributed by atoms with Crippen LogP contribution in [0.3, 0.4) is 0 Å². The average Bonchev–Trinajstić information content (AvgIpc) is 2.62. The minimum absolute atomic E-state index is 0.00381. The van der Waals surface area contributed by atoms with E-state index in [0.29, 0.717) is 31.5 Å². The number of amides is 2. The van der Waals surface area contributed by atoms with Gasteiger partial charge >= 0.3 is 0 Å². The molecule has 6 heteroatoms. The number of rotatable bonds is 3. The number of hydrogen-bond acceptors (Lipinski definition) is 2. The number of benzene rings is 2. The zero-order chi connectivity index (χ0) is 17.8. The number of carbonyl (C=O) groups excluding carboxylic acids is 2. The lowest BCUT2D eigenvalue weighted by atomic mass is 9.95. The maximum absolute atomic E-state index is 13.0. The van der Waals surface area contributed by atoms with E-state index < -0.39 is 0 Å². The van der Waals surface area contributed by atoms with Crippen molar-refractivity contribution >= 4 is 40.1 Å². The Morgan fingerprint density at radius 3 is 2.40 bits per heavy atom. The molecule has 2 amide bonds. The van der Waals surface area contributed by atoms with E-state index in [1.165, 1.54) is 24.3 Å². The topological polar surface area (TPSA) is 49.4 Å². The zero-order valence-corrected chi connectivity index (χ0v) is 15.7. The molecule has 1 fully saturated rings. The molecule has 0 aliphatic carbocycles. The van der Waals surface area contributed by atoms with Crippen molar-refractivity contribution in [2.45, 2.75) is 12.8 Å². The van der Waals surface area contributed by atoms with Crippen LogP contribution in [0.1, 0.15) is 23.2 Å². The fourth-order valence-electron chi connectivity index (χ4n) is 2.93. The van der Waals surface area contributed by atoms with Crippen molar-refractivity contribution < 1.29 is 14.0 Å². The minimum Gasteiger partial charge on any atom is -0.339 e. The molecule has 0 aromatic heterocycles. The number of nitrogens with one attached hydrogen (secondary N) is 1. The summed E-state index contributed by atoms with van der Waals surface area (Å²) in [6, 6.07) is 13.2. The maximum atomic E-state index is 13.0. The van der Waals surface area contributed by atoms with Crippen LogP contribution in [0.2, 0.25) is 0 Å². The second-order valence-electron chi connectivity index (χ2n) is 6.07. The Hall–Kier alpha value is -1.96. The van der Waals surface area contributed by atoms with E-state index in [2.05, 4.69) is 27.9 Å². The Morgan fingerprint density at radius 1 is 1.08 bits per heavy atom. The number of hydrogen-bond donors (Lipinski definition) is 1. The predicted octanol–water partition coefficient (Wildman–Crippen LogP) is 3.92. The zero-order valence-electron chi connectivity index (χ0n) is 13.5. The Kier molecular flexibility index (Phi) is 5.67. The number of nitrogens with zero attached hydrogens (tertiary/aromatic N) is 1. The summed E-state index contributed by atoms with van der Waals surface area (Å²) >= 11 is 2.21. The van der Waals surface area contributed by atoms with Crippen LogP contribution >= 0.6 is 22.6 Å². The highest BCUT2D eigenvalue weighted by Crippen LogP contribution is 2.22. The van der Waals surface area contributed by atoms with Crippen molar-refractivity contribution in [2.24, 2.45) is 5.92 Å². The van der Waals surface area contributed by atoms with Gasteiger partial charge in [0, 0.05) is 33.8 Å². The number of anilines is 1. The van der Waals surface area contributed by atoms with Gasteiger partial charge in [0.2, 0.25) is 5.91 Å². The third-order valence-electron chi connectivity index (χ3n) is 4.34. The van der Waals surface area contributed by atoms with Gasteiger partial charge in [-0.3, -0.25) is 9.59 Å². The van der Waals surface area contributed by atoms with Crippen LogP contribution in [0.5, 0.6) is 0 Å². The summed E-state index contributed by atoms with van der Waals surface area (Å²) < 4.78 is 14.0. The second-order valence-corrected chi connectivity index (χ2v) is 7.32. The van der Waals surface area contributed by atoms with E-state index in [4.69, 9.17) is 0 Å². The molecule has 1 heterocycles. The van der Waals surface area contributed by atoms with E-state index in [0.717, 1.165) is 9.26 Å². The van der Waals surface area contributed by atoms with Gasteiger partial charge in [-0.05, 0) is 77.9 Å². The van der Waals surface area contributed by atoms with Gasteiger partial charge in [0.1, 0.15) is 5.82 Å². The van der Waals surface area contributed by atoms with Gasteiger partial charge in [0.05, 0.1) is 0 Å². The van der Waals surface area contributed by atoms with Crippen molar-refractivity contribution in [2.75, 3.05) is 18.4 Å². The molecule has 25 heavy (non-hydrogen) atoms. The van der Waals surface area contributed by atoms with Crippen molar-refractivity contribution in [3.05, 3.63) is 63.5 Å². The molecule has 3 rings (SSSR count). The first-order chi connectivity index (χ1) is 12.0. The predicted molar refractivity (Wildman–Crippen MR) is 103 cm³/mol. The Balaban J connectivity index is 1.55. The summed E-state index contributed by atoms with van der Waals surface area (Å²) in [5, 5.41) is 2.95. The number of piperidine rings is 1. The molecule has 0 atom stereocenters. The molecular weight excluding hydrogens is 434 g/mol. The van der Waals surface area contributed by atoms with Crippen LogP contribution in [0, 0.1) is 15.3 Å². The van der Waals surface area contributed by atoms with Crippen LogP contribution in [0.4, 0.5) is 10.1 Å². The van der Waals surface area contributed by atoms with Gasteiger partial charge < -0.3 is 10.2 Å². The molecule has 2 aromatic rings. The largest absolute Gasteiger partial charge is 0.339 e. The molecule has 0 bridgehead atoms. The van der Waals surface area contributed by atoms with Crippen molar-refractivity contribution in [1.29, 1.82) is 0 Å². The number of likely N-dealkylation sites (tertiary alicyclic amines) is 1. The smallest absolute Gasteiger partial charge is 0.253 e. The summed E-state index contributed by atoms with van der Waals surface area (Å²) in [7, 11) is 0. The maximum Gasteiger partial charge on any atom is 0.253 e. The highest BCUT2D eigenvalue weighted by molar-refractivity contribution is 14.1. The third kappa shape index (κ3) is 4.56. The van der Waals surface area contributed by atoms with Crippen LogP contribution in [0.25, 0.3) is 0 Å². The van der Waals surface area contributed by atoms with Crippen LogP contribution in [-0.2, 0) is 4.79 Å².